The SMILES string of the molecule is CCCCCNC(=O)c1ccc2c(c1)OCC(=O)N2. The molecule has 1 aromatic rings. The quantitative estimate of drug-likeness (QED) is 0.797. The predicted molar refractivity (Wildman–Crippen MR) is 72.4 cm³/mol. The van der Waals surface area contributed by atoms with E-state index in [-0.39, 0.29) is 18.4 Å². The van der Waals surface area contributed by atoms with Gasteiger partial charge in [-0.2, -0.15) is 0 Å². The molecule has 0 bridgehead atoms. The van der Waals surface area contributed by atoms with Crippen molar-refractivity contribution in [1.29, 1.82) is 0 Å². The van der Waals surface area contributed by atoms with Crippen molar-refractivity contribution in [2.45, 2.75) is 26.2 Å². The van der Waals surface area contributed by atoms with Crippen molar-refractivity contribution in [2.75, 3.05) is 18.5 Å². The zero-order chi connectivity index (χ0) is 13.7. The van der Waals surface area contributed by atoms with E-state index < -0.39 is 0 Å². The molecule has 102 valence electrons. The van der Waals surface area contributed by atoms with Crippen molar-refractivity contribution in [1.82, 2.24) is 5.32 Å². The number of carbonyl (C=O) groups excluding carboxylic acids is 2. The van der Waals surface area contributed by atoms with Crippen LogP contribution in [0.25, 0.3) is 0 Å². The zero-order valence-electron chi connectivity index (χ0n) is 11.0. The maximum absolute atomic E-state index is 11.9. The number of unbranched alkanes of at least 4 members (excludes halogenated alkanes) is 2. The summed E-state index contributed by atoms with van der Waals surface area (Å²) in [6, 6.07) is 5.03. The number of rotatable bonds is 5. The van der Waals surface area contributed by atoms with E-state index in [2.05, 4.69) is 17.6 Å². The Labute approximate surface area is 112 Å². The van der Waals surface area contributed by atoms with Gasteiger partial charge in [-0.15, -0.1) is 0 Å². The third-order valence-corrected chi connectivity index (χ3v) is 2.94. The van der Waals surface area contributed by atoms with Crippen LogP contribution in [-0.4, -0.2) is 25.0 Å². The number of anilines is 1. The molecular formula is C14H18N2O3. The maximum Gasteiger partial charge on any atom is 0.262 e. The first-order chi connectivity index (χ1) is 9.20. The molecule has 1 aliphatic rings. The molecule has 1 aromatic carbocycles. The highest BCUT2D eigenvalue weighted by Crippen LogP contribution is 2.28. The van der Waals surface area contributed by atoms with Crippen molar-refractivity contribution < 1.29 is 14.3 Å². The first-order valence-electron chi connectivity index (χ1n) is 6.55. The van der Waals surface area contributed by atoms with Gasteiger partial charge in [-0.3, -0.25) is 9.59 Å². The van der Waals surface area contributed by atoms with Crippen molar-refractivity contribution in [3.05, 3.63) is 23.8 Å². The second-order valence-electron chi connectivity index (χ2n) is 4.51. The van der Waals surface area contributed by atoms with Crippen LogP contribution in [0.1, 0.15) is 36.5 Å². The lowest BCUT2D eigenvalue weighted by Crippen LogP contribution is -2.27. The average Bonchev–Trinajstić information content (AvgIpc) is 2.42. The predicted octanol–water partition coefficient (Wildman–Crippen LogP) is 1.94. The second-order valence-corrected chi connectivity index (χ2v) is 4.51. The summed E-state index contributed by atoms with van der Waals surface area (Å²) in [5, 5.41) is 5.56. The summed E-state index contributed by atoms with van der Waals surface area (Å²) in [5.41, 5.74) is 1.16. The highest BCUT2D eigenvalue weighted by Gasteiger charge is 2.17. The highest BCUT2D eigenvalue weighted by atomic mass is 16.5. The number of hydrogen-bond acceptors (Lipinski definition) is 3. The van der Waals surface area contributed by atoms with Gasteiger partial charge in [-0.05, 0) is 24.6 Å². The molecule has 2 rings (SSSR count). The first kappa shape index (κ1) is 13.4. The fourth-order valence-corrected chi connectivity index (χ4v) is 1.89. The Kier molecular flexibility index (Phi) is 4.39. The minimum atomic E-state index is -0.177. The van der Waals surface area contributed by atoms with Gasteiger partial charge in [0.2, 0.25) is 0 Å². The van der Waals surface area contributed by atoms with E-state index in [1.165, 1.54) is 0 Å². The Morgan fingerprint density at radius 2 is 2.26 bits per heavy atom. The fourth-order valence-electron chi connectivity index (χ4n) is 1.89. The molecule has 0 saturated heterocycles. The minimum absolute atomic E-state index is 0.00538. The van der Waals surface area contributed by atoms with E-state index in [0.717, 1.165) is 19.3 Å². The van der Waals surface area contributed by atoms with Gasteiger partial charge in [-0.25, -0.2) is 0 Å². The van der Waals surface area contributed by atoms with Crippen LogP contribution < -0.4 is 15.4 Å². The molecule has 0 unspecified atom stereocenters. The molecule has 0 atom stereocenters. The number of carbonyl (C=O) groups is 2. The normalized spacial score (nSPS) is 13.2. The van der Waals surface area contributed by atoms with Gasteiger partial charge in [0.25, 0.3) is 11.8 Å². The van der Waals surface area contributed by atoms with E-state index >= 15 is 0 Å². The largest absolute Gasteiger partial charge is 0.482 e. The summed E-state index contributed by atoms with van der Waals surface area (Å²) >= 11 is 0. The smallest absolute Gasteiger partial charge is 0.262 e. The van der Waals surface area contributed by atoms with Crippen LogP contribution in [0.3, 0.4) is 0 Å². The van der Waals surface area contributed by atoms with Crippen molar-refractivity contribution in [3.8, 4) is 5.75 Å². The van der Waals surface area contributed by atoms with Crippen LogP contribution in [0.5, 0.6) is 5.75 Å². The van der Waals surface area contributed by atoms with E-state index in [1.54, 1.807) is 18.2 Å². The Bertz CT molecular complexity index is 486. The molecule has 0 radical (unpaired) electrons. The molecule has 2 N–H and O–H groups in total. The molecule has 0 aromatic heterocycles. The monoisotopic (exact) mass is 262 g/mol. The number of ether oxygens (including phenoxy) is 1. The number of hydrogen-bond donors (Lipinski definition) is 2. The van der Waals surface area contributed by atoms with Crippen LogP contribution in [-0.2, 0) is 4.79 Å². The van der Waals surface area contributed by atoms with Crippen LogP contribution in [0.15, 0.2) is 18.2 Å². The van der Waals surface area contributed by atoms with Crippen LogP contribution in [0.4, 0.5) is 5.69 Å². The zero-order valence-corrected chi connectivity index (χ0v) is 11.0. The summed E-state index contributed by atoms with van der Waals surface area (Å²) in [4.78, 5) is 23.0. The average molecular weight is 262 g/mol. The summed E-state index contributed by atoms with van der Waals surface area (Å²) in [7, 11) is 0. The summed E-state index contributed by atoms with van der Waals surface area (Å²) in [5.74, 6) is 0.254. The Balaban J connectivity index is 1.97. The summed E-state index contributed by atoms with van der Waals surface area (Å²) < 4.78 is 5.28. The molecule has 1 heterocycles. The topological polar surface area (TPSA) is 67.4 Å². The van der Waals surface area contributed by atoms with E-state index in [9.17, 15) is 9.59 Å². The van der Waals surface area contributed by atoms with Crippen LogP contribution in [0, 0.1) is 0 Å². The number of fused-ring (bicyclic) bond motifs is 1. The molecule has 0 spiro atoms. The van der Waals surface area contributed by atoms with E-state index in [1.807, 2.05) is 0 Å². The van der Waals surface area contributed by atoms with Gasteiger partial charge in [0.15, 0.2) is 6.61 Å². The van der Waals surface area contributed by atoms with E-state index in [4.69, 9.17) is 4.74 Å². The number of amides is 2. The van der Waals surface area contributed by atoms with Crippen LogP contribution >= 0.6 is 0 Å². The molecular weight excluding hydrogens is 244 g/mol. The van der Waals surface area contributed by atoms with Crippen molar-refractivity contribution in [2.24, 2.45) is 0 Å². The van der Waals surface area contributed by atoms with Crippen LogP contribution in [0.2, 0.25) is 0 Å². The molecule has 0 aliphatic carbocycles. The van der Waals surface area contributed by atoms with Gasteiger partial charge in [0.05, 0.1) is 5.69 Å². The Hall–Kier alpha value is -2.04. The Morgan fingerprint density at radius 1 is 1.42 bits per heavy atom. The minimum Gasteiger partial charge on any atom is -0.482 e. The van der Waals surface area contributed by atoms with Gasteiger partial charge in [-0.1, -0.05) is 19.8 Å². The molecule has 5 heteroatoms. The third kappa shape index (κ3) is 3.47. The van der Waals surface area contributed by atoms with Crippen molar-refractivity contribution >= 4 is 17.5 Å². The molecule has 2 amide bonds. The van der Waals surface area contributed by atoms with Gasteiger partial charge < -0.3 is 15.4 Å². The number of benzene rings is 1. The van der Waals surface area contributed by atoms with E-state index in [0.29, 0.717) is 23.5 Å². The van der Waals surface area contributed by atoms with Crippen molar-refractivity contribution in [3.63, 3.8) is 0 Å². The lowest BCUT2D eigenvalue weighted by Gasteiger charge is -2.18. The maximum atomic E-state index is 11.9. The summed E-state index contributed by atoms with van der Waals surface area (Å²) in [6.45, 7) is 2.80. The molecule has 19 heavy (non-hydrogen) atoms. The number of nitrogens with one attached hydrogen (secondary N) is 2. The lowest BCUT2D eigenvalue weighted by molar-refractivity contribution is -0.118. The Morgan fingerprint density at radius 3 is 3.05 bits per heavy atom. The molecule has 0 saturated carbocycles. The first-order valence-corrected chi connectivity index (χ1v) is 6.55. The molecule has 5 nitrogen and oxygen atoms in total. The fraction of sp³-hybridized carbons (Fsp3) is 0.429. The lowest BCUT2D eigenvalue weighted by atomic mass is 10.1. The van der Waals surface area contributed by atoms with Gasteiger partial charge >= 0.3 is 0 Å². The highest BCUT2D eigenvalue weighted by molar-refractivity contribution is 5.98. The van der Waals surface area contributed by atoms with Gasteiger partial charge in [0, 0.05) is 12.1 Å². The summed E-state index contributed by atoms with van der Waals surface area (Å²) in [6.07, 6.45) is 3.22. The molecule has 0 fully saturated rings. The second kappa shape index (κ2) is 6.22. The third-order valence-electron chi connectivity index (χ3n) is 2.94. The standard InChI is InChI=1S/C14H18N2O3/c1-2-3-4-7-15-14(18)10-5-6-11-12(8-10)19-9-13(17)16-11/h5-6,8H,2-4,7,9H2,1H3,(H,15,18)(H,16,17). The van der Waals surface area contributed by atoms with Gasteiger partial charge in [0.1, 0.15) is 5.75 Å². The molecule has 1 aliphatic heterocycles.